The first-order valence-electron chi connectivity index (χ1n) is 10.1. The van der Waals surface area contributed by atoms with Crippen molar-refractivity contribution in [2.45, 2.75) is 25.4 Å². The van der Waals surface area contributed by atoms with Crippen molar-refractivity contribution in [1.82, 2.24) is 14.9 Å². The van der Waals surface area contributed by atoms with Crippen LogP contribution < -0.4 is 5.32 Å². The number of amides is 1. The molecule has 5 rings (SSSR count). The number of oxazole rings is 1. The fraction of sp³-hybridized carbons (Fsp3) is 0.208. The third-order valence-electron chi connectivity index (χ3n) is 5.63. The maximum absolute atomic E-state index is 13.0. The summed E-state index contributed by atoms with van der Waals surface area (Å²) >= 11 is 0. The summed E-state index contributed by atoms with van der Waals surface area (Å²) in [5, 5.41) is 3.08. The van der Waals surface area contributed by atoms with Gasteiger partial charge < -0.3 is 9.73 Å². The molecule has 0 aliphatic carbocycles. The number of rotatable bonds is 5. The number of para-hydroxylation sites is 1. The highest BCUT2D eigenvalue weighted by molar-refractivity contribution is 5.95. The fourth-order valence-corrected chi connectivity index (χ4v) is 4.11. The van der Waals surface area contributed by atoms with Crippen LogP contribution in [-0.4, -0.2) is 33.4 Å². The van der Waals surface area contributed by atoms with Crippen molar-refractivity contribution in [2.75, 3.05) is 11.9 Å². The highest BCUT2D eigenvalue weighted by atomic mass is 16.3. The number of hydrogen-bond acceptors (Lipinski definition) is 5. The van der Waals surface area contributed by atoms with Crippen molar-refractivity contribution >= 4 is 22.7 Å². The van der Waals surface area contributed by atoms with Crippen LogP contribution in [0.4, 0.5) is 5.69 Å². The highest BCUT2D eigenvalue weighted by Crippen LogP contribution is 2.26. The number of nitrogens with one attached hydrogen (secondary N) is 1. The topological polar surface area (TPSA) is 71.3 Å². The van der Waals surface area contributed by atoms with Crippen molar-refractivity contribution in [3.8, 4) is 11.1 Å². The van der Waals surface area contributed by atoms with E-state index < -0.39 is 0 Å². The Morgan fingerprint density at radius 1 is 1.10 bits per heavy atom. The number of benzene rings is 2. The zero-order chi connectivity index (χ0) is 20.3. The Labute approximate surface area is 174 Å². The van der Waals surface area contributed by atoms with Gasteiger partial charge >= 0.3 is 0 Å². The molecule has 6 heteroatoms. The predicted octanol–water partition coefficient (Wildman–Crippen LogP) is 4.49. The van der Waals surface area contributed by atoms with Gasteiger partial charge in [0, 0.05) is 24.6 Å². The van der Waals surface area contributed by atoms with Crippen LogP contribution in [0.1, 0.15) is 18.4 Å². The van der Waals surface area contributed by atoms with E-state index in [-0.39, 0.29) is 11.9 Å². The number of nitrogens with zero attached hydrogens (tertiary/aromatic N) is 3. The summed E-state index contributed by atoms with van der Waals surface area (Å²) < 4.78 is 5.41. The Bertz CT molecular complexity index is 1150. The molecular weight excluding hydrogens is 376 g/mol. The summed E-state index contributed by atoms with van der Waals surface area (Å²) in [5.41, 5.74) is 5.67. The van der Waals surface area contributed by atoms with Gasteiger partial charge in [-0.05, 0) is 60.3 Å². The second-order valence-corrected chi connectivity index (χ2v) is 7.55. The van der Waals surface area contributed by atoms with E-state index in [1.54, 1.807) is 6.20 Å². The van der Waals surface area contributed by atoms with Gasteiger partial charge in [-0.1, -0.05) is 30.3 Å². The Balaban J connectivity index is 1.28. The molecule has 2 aromatic carbocycles. The Morgan fingerprint density at radius 3 is 2.83 bits per heavy atom. The van der Waals surface area contributed by atoms with Gasteiger partial charge in [-0.15, -0.1) is 0 Å². The van der Waals surface area contributed by atoms with Crippen LogP contribution in [0.25, 0.3) is 22.2 Å². The summed E-state index contributed by atoms with van der Waals surface area (Å²) in [5.74, 6) is 0.0361. The van der Waals surface area contributed by atoms with Crippen LogP contribution in [-0.2, 0) is 11.3 Å². The molecule has 2 aromatic heterocycles. The number of pyridine rings is 1. The first-order chi connectivity index (χ1) is 14.8. The minimum absolute atomic E-state index is 0.0361. The molecule has 1 amide bonds. The highest BCUT2D eigenvalue weighted by Gasteiger charge is 2.31. The van der Waals surface area contributed by atoms with Crippen molar-refractivity contribution in [2.24, 2.45) is 0 Å². The van der Waals surface area contributed by atoms with E-state index in [9.17, 15) is 4.79 Å². The molecule has 1 unspecified atom stereocenters. The van der Waals surface area contributed by atoms with Gasteiger partial charge in [0.05, 0.1) is 6.04 Å². The maximum atomic E-state index is 13.0. The van der Waals surface area contributed by atoms with Gasteiger partial charge in [0.15, 0.2) is 12.0 Å². The lowest BCUT2D eigenvalue weighted by molar-refractivity contribution is -0.120. The number of likely N-dealkylation sites (tertiary alicyclic amines) is 1. The normalized spacial score (nSPS) is 16.7. The molecule has 150 valence electrons. The van der Waals surface area contributed by atoms with E-state index in [2.05, 4.69) is 26.3 Å². The average Bonchev–Trinajstić information content (AvgIpc) is 3.45. The number of anilines is 1. The molecule has 0 bridgehead atoms. The molecule has 6 nitrogen and oxygen atoms in total. The number of fused-ring (bicyclic) bond motifs is 1. The molecule has 30 heavy (non-hydrogen) atoms. The largest absolute Gasteiger partial charge is 0.443 e. The van der Waals surface area contributed by atoms with Crippen molar-refractivity contribution in [1.29, 1.82) is 0 Å². The van der Waals surface area contributed by atoms with Crippen LogP contribution in [0.3, 0.4) is 0 Å². The van der Waals surface area contributed by atoms with Crippen LogP contribution in [0.15, 0.2) is 77.8 Å². The molecule has 0 radical (unpaired) electrons. The van der Waals surface area contributed by atoms with Crippen LogP contribution in [0.5, 0.6) is 0 Å². The zero-order valence-electron chi connectivity index (χ0n) is 16.5. The molecule has 0 saturated carbocycles. The van der Waals surface area contributed by atoms with E-state index in [4.69, 9.17) is 4.42 Å². The standard InChI is InChI=1S/C24H22N4O2/c29-24(27-20-10-8-17(9-11-20)18-5-2-12-25-14-18)21-6-3-13-28(21)15-19-4-1-7-22-23(19)26-16-30-22/h1-2,4-5,7-12,14,16,21H,3,6,13,15H2,(H,27,29). The minimum atomic E-state index is -0.148. The van der Waals surface area contributed by atoms with E-state index >= 15 is 0 Å². The Kier molecular flexibility index (Phi) is 4.99. The summed E-state index contributed by atoms with van der Waals surface area (Å²) in [6.07, 6.45) is 6.92. The van der Waals surface area contributed by atoms with E-state index in [1.165, 1.54) is 6.39 Å². The molecular formula is C24H22N4O2. The van der Waals surface area contributed by atoms with Gasteiger partial charge in [-0.25, -0.2) is 4.98 Å². The van der Waals surface area contributed by atoms with Gasteiger partial charge in [0.25, 0.3) is 0 Å². The monoisotopic (exact) mass is 398 g/mol. The third kappa shape index (κ3) is 3.69. The van der Waals surface area contributed by atoms with Crippen LogP contribution in [0, 0.1) is 0 Å². The lowest BCUT2D eigenvalue weighted by atomic mass is 10.1. The molecule has 3 heterocycles. The third-order valence-corrected chi connectivity index (χ3v) is 5.63. The smallest absolute Gasteiger partial charge is 0.241 e. The minimum Gasteiger partial charge on any atom is -0.443 e. The summed E-state index contributed by atoms with van der Waals surface area (Å²) in [6, 6.07) is 17.6. The number of carbonyl (C=O) groups excluding carboxylic acids is 1. The second-order valence-electron chi connectivity index (χ2n) is 7.55. The number of hydrogen-bond donors (Lipinski definition) is 1. The second kappa shape index (κ2) is 8.08. The SMILES string of the molecule is O=C(Nc1ccc(-c2cccnc2)cc1)C1CCCN1Cc1cccc2ocnc12. The molecule has 1 aliphatic rings. The van der Waals surface area contributed by atoms with Gasteiger partial charge in [-0.2, -0.15) is 0 Å². The van der Waals surface area contributed by atoms with Crippen LogP contribution >= 0.6 is 0 Å². The van der Waals surface area contributed by atoms with Crippen molar-refractivity contribution in [3.05, 3.63) is 78.9 Å². The van der Waals surface area contributed by atoms with Gasteiger partial charge in [0.1, 0.15) is 5.52 Å². The van der Waals surface area contributed by atoms with E-state index in [0.29, 0.717) is 6.54 Å². The molecule has 4 aromatic rings. The van der Waals surface area contributed by atoms with Crippen LogP contribution in [0.2, 0.25) is 0 Å². The Hall–Kier alpha value is -3.51. The Morgan fingerprint density at radius 2 is 2.00 bits per heavy atom. The zero-order valence-corrected chi connectivity index (χ0v) is 16.5. The first kappa shape index (κ1) is 18.5. The molecule has 1 atom stereocenters. The summed E-state index contributed by atoms with van der Waals surface area (Å²) in [4.78, 5) is 23.7. The summed E-state index contributed by atoms with van der Waals surface area (Å²) in [6.45, 7) is 1.58. The molecule has 1 saturated heterocycles. The molecule has 0 spiro atoms. The first-order valence-corrected chi connectivity index (χ1v) is 10.1. The van der Waals surface area contributed by atoms with Gasteiger partial charge in [-0.3, -0.25) is 14.7 Å². The van der Waals surface area contributed by atoms with Crippen molar-refractivity contribution in [3.63, 3.8) is 0 Å². The van der Waals surface area contributed by atoms with E-state index in [1.807, 2.05) is 54.7 Å². The maximum Gasteiger partial charge on any atom is 0.241 e. The molecule has 1 fully saturated rings. The number of aromatic nitrogens is 2. The predicted molar refractivity (Wildman–Crippen MR) is 116 cm³/mol. The molecule has 1 aliphatic heterocycles. The van der Waals surface area contributed by atoms with Crippen molar-refractivity contribution < 1.29 is 9.21 Å². The molecule has 1 N–H and O–H groups in total. The summed E-state index contributed by atoms with van der Waals surface area (Å²) in [7, 11) is 0. The lowest BCUT2D eigenvalue weighted by Crippen LogP contribution is -2.39. The van der Waals surface area contributed by atoms with E-state index in [0.717, 1.165) is 52.9 Å². The van der Waals surface area contributed by atoms with Gasteiger partial charge in [0.2, 0.25) is 5.91 Å². The quantitative estimate of drug-likeness (QED) is 0.536. The lowest BCUT2D eigenvalue weighted by Gasteiger charge is -2.23. The fourth-order valence-electron chi connectivity index (χ4n) is 4.11. The number of carbonyl (C=O) groups is 1. The average molecular weight is 398 g/mol.